The van der Waals surface area contributed by atoms with Crippen molar-refractivity contribution in [3.8, 4) is 5.75 Å². The number of aromatic hydroxyl groups is 1. The molecule has 1 aromatic carbocycles. The first kappa shape index (κ1) is 14.1. The Bertz CT molecular complexity index is 616. The van der Waals surface area contributed by atoms with Gasteiger partial charge in [-0.25, -0.2) is 0 Å². The predicted molar refractivity (Wildman–Crippen MR) is 69.1 cm³/mol. The van der Waals surface area contributed by atoms with Crippen LogP contribution in [0, 0.1) is 5.92 Å². The molecule has 1 fully saturated rings. The fourth-order valence-electron chi connectivity index (χ4n) is 2.00. The van der Waals surface area contributed by atoms with Gasteiger partial charge in [0, 0.05) is 18.8 Å². The number of amides is 1. The maximum atomic E-state index is 11.8. The molecule has 8 heteroatoms. The van der Waals surface area contributed by atoms with E-state index in [1.165, 1.54) is 4.90 Å². The highest BCUT2D eigenvalue weighted by atomic mass is 35.5. The van der Waals surface area contributed by atoms with E-state index in [4.69, 9.17) is 16.2 Å². The van der Waals surface area contributed by atoms with Gasteiger partial charge in [-0.3, -0.25) is 9.35 Å². The molecule has 0 aromatic heterocycles. The van der Waals surface area contributed by atoms with Crippen LogP contribution in [-0.4, -0.2) is 36.4 Å². The molecule has 0 saturated carbocycles. The van der Waals surface area contributed by atoms with Crippen LogP contribution in [0.4, 0.5) is 5.69 Å². The maximum absolute atomic E-state index is 11.8. The molecule has 0 bridgehead atoms. The van der Waals surface area contributed by atoms with Gasteiger partial charge in [-0.1, -0.05) is 0 Å². The van der Waals surface area contributed by atoms with Crippen LogP contribution in [0.3, 0.4) is 0 Å². The third kappa shape index (κ3) is 2.83. The van der Waals surface area contributed by atoms with Crippen LogP contribution in [0.2, 0.25) is 0 Å². The summed E-state index contributed by atoms with van der Waals surface area (Å²) < 4.78 is 31.1. The zero-order valence-corrected chi connectivity index (χ0v) is 11.4. The van der Waals surface area contributed by atoms with E-state index < -0.39 is 10.1 Å². The third-order valence-electron chi connectivity index (χ3n) is 2.96. The summed E-state index contributed by atoms with van der Waals surface area (Å²) in [7, 11) is -4.38. The van der Waals surface area contributed by atoms with Gasteiger partial charge in [-0.2, -0.15) is 8.42 Å². The average molecular weight is 306 g/mol. The smallest absolute Gasteiger partial charge is 0.294 e. The summed E-state index contributed by atoms with van der Waals surface area (Å²) in [6, 6.07) is 3.26. The van der Waals surface area contributed by atoms with Crippen molar-refractivity contribution in [2.75, 3.05) is 17.3 Å². The van der Waals surface area contributed by atoms with Crippen molar-refractivity contribution in [1.29, 1.82) is 0 Å². The molecule has 2 rings (SSSR count). The van der Waals surface area contributed by atoms with Gasteiger partial charge in [0.1, 0.15) is 5.75 Å². The molecule has 1 unspecified atom stereocenters. The Hall–Kier alpha value is -1.31. The van der Waals surface area contributed by atoms with E-state index in [-0.39, 0.29) is 34.6 Å². The number of halogens is 1. The van der Waals surface area contributed by atoms with E-state index >= 15 is 0 Å². The topological polar surface area (TPSA) is 94.9 Å². The van der Waals surface area contributed by atoms with Gasteiger partial charge in [0.25, 0.3) is 10.1 Å². The number of anilines is 1. The summed E-state index contributed by atoms with van der Waals surface area (Å²) in [5.74, 6) is -0.201. The fourth-order valence-corrected chi connectivity index (χ4v) is 2.70. The molecule has 1 atom stereocenters. The first-order chi connectivity index (χ1) is 8.82. The lowest BCUT2D eigenvalue weighted by atomic mass is 10.1. The number of phenolic OH excluding ortho intramolecular Hbond substituents is 1. The Morgan fingerprint density at radius 2 is 2.11 bits per heavy atom. The molecule has 1 heterocycles. The number of carbonyl (C=O) groups excluding carboxylic acids is 1. The van der Waals surface area contributed by atoms with Crippen LogP contribution in [-0.2, 0) is 14.9 Å². The number of rotatable bonds is 3. The molecule has 1 aromatic rings. The highest BCUT2D eigenvalue weighted by Crippen LogP contribution is 2.34. The van der Waals surface area contributed by atoms with Crippen molar-refractivity contribution in [2.45, 2.75) is 11.3 Å². The summed E-state index contributed by atoms with van der Waals surface area (Å²) in [5, 5.41) is 9.73. The molecule has 2 N–H and O–H groups in total. The molecular formula is C11H12ClNO5S. The number of hydrogen-bond donors (Lipinski definition) is 2. The standard InChI is InChI=1S/C11H12ClNO5S/c12-5-7-3-11(15)13(6-7)9-4-8(19(16,17)18)1-2-10(9)14/h1-2,4,7,14H,3,5-6H2,(H,16,17,18). The molecule has 0 spiro atoms. The van der Waals surface area contributed by atoms with Crippen LogP contribution < -0.4 is 4.90 Å². The summed E-state index contributed by atoms with van der Waals surface area (Å²) in [6.07, 6.45) is 0.249. The van der Waals surface area contributed by atoms with E-state index in [1.807, 2.05) is 0 Å². The van der Waals surface area contributed by atoms with Crippen LogP contribution in [0.5, 0.6) is 5.75 Å². The predicted octanol–water partition coefficient (Wildman–Crippen LogP) is 1.23. The number of benzene rings is 1. The van der Waals surface area contributed by atoms with Crippen molar-refractivity contribution in [3.05, 3.63) is 18.2 Å². The van der Waals surface area contributed by atoms with E-state index in [9.17, 15) is 18.3 Å². The second-order valence-corrected chi connectivity index (χ2v) is 6.08. The molecule has 19 heavy (non-hydrogen) atoms. The zero-order chi connectivity index (χ0) is 14.2. The third-order valence-corrected chi connectivity index (χ3v) is 4.24. The minimum absolute atomic E-state index is 0.0389. The van der Waals surface area contributed by atoms with E-state index in [2.05, 4.69) is 0 Å². The number of carbonyl (C=O) groups is 1. The monoisotopic (exact) mass is 305 g/mol. The lowest BCUT2D eigenvalue weighted by Crippen LogP contribution is -2.25. The first-order valence-electron chi connectivity index (χ1n) is 5.49. The van der Waals surface area contributed by atoms with Crippen molar-refractivity contribution < 1.29 is 22.9 Å². The zero-order valence-electron chi connectivity index (χ0n) is 9.78. The molecule has 1 aliphatic rings. The van der Waals surface area contributed by atoms with Gasteiger partial charge >= 0.3 is 0 Å². The Labute approximate surface area is 115 Å². The second kappa shape index (κ2) is 4.99. The highest BCUT2D eigenvalue weighted by Gasteiger charge is 2.32. The summed E-state index contributed by atoms with van der Waals surface area (Å²) in [4.78, 5) is 12.7. The first-order valence-corrected chi connectivity index (χ1v) is 7.47. The van der Waals surface area contributed by atoms with Crippen LogP contribution >= 0.6 is 11.6 Å². The van der Waals surface area contributed by atoms with Crippen LogP contribution in [0.25, 0.3) is 0 Å². The van der Waals surface area contributed by atoms with Crippen LogP contribution in [0.1, 0.15) is 6.42 Å². The van der Waals surface area contributed by atoms with Gasteiger partial charge in [-0.05, 0) is 24.1 Å². The van der Waals surface area contributed by atoms with Crippen molar-refractivity contribution in [3.63, 3.8) is 0 Å². The van der Waals surface area contributed by atoms with Gasteiger partial charge in [0.15, 0.2) is 0 Å². The van der Waals surface area contributed by atoms with Crippen molar-refractivity contribution in [2.24, 2.45) is 5.92 Å². The molecule has 104 valence electrons. The van der Waals surface area contributed by atoms with E-state index in [0.29, 0.717) is 12.4 Å². The SMILES string of the molecule is O=C1CC(CCl)CN1c1cc(S(=O)(=O)O)ccc1O. The van der Waals surface area contributed by atoms with Gasteiger partial charge in [0.05, 0.1) is 10.6 Å². The van der Waals surface area contributed by atoms with Crippen molar-refractivity contribution >= 4 is 33.3 Å². The van der Waals surface area contributed by atoms with Crippen molar-refractivity contribution in [1.82, 2.24) is 0 Å². The largest absolute Gasteiger partial charge is 0.506 e. The maximum Gasteiger partial charge on any atom is 0.294 e. The lowest BCUT2D eigenvalue weighted by molar-refractivity contribution is -0.117. The number of nitrogens with zero attached hydrogens (tertiary/aromatic N) is 1. The van der Waals surface area contributed by atoms with E-state index in [0.717, 1.165) is 18.2 Å². The molecule has 6 nitrogen and oxygen atoms in total. The van der Waals surface area contributed by atoms with Crippen LogP contribution in [0.15, 0.2) is 23.1 Å². The Balaban J connectivity index is 2.42. The Kier molecular flexibility index (Phi) is 3.71. The number of phenols is 1. The summed E-state index contributed by atoms with van der Waals surface area (Å²) in [6.45, 7) is 0.310. The Morgan fingerprint density at radius 3 is 2.63 bits per heavy atom. The lowest BCUT2D eigenvalue weighted by Gasteiger charge is -2.18. The van der Waals surface area contributed by atoms with Gasteiger partial charge < -0.3 is 10.0 Å². The number of alkyl halides is 1. The minimum Gasteiger partial charge on any atom is -0.506 e. The van der Waals surface area contributed by atoms with Gasteiger partial charge in [-0.15, -0.1) is 11.6 Å². The average Bonchev–Trinajstić information content (AvgIpc) is 2.69. The Morgan fingerprint density at radius 1 is 1.42 bits per heavy atom. The summed E-state index contributed by atoms with van der Waals surface area (Å²) >= 11 is 5.69. The normalized spacial score (nSPS) is 20.0. The highest BCUT2D eigenvalue weighted by molar-refractivity contribution is 7.85. The number of hydrogen-bond acceptors (Lipinski definition) is 4. The molecule has 1 aliphatic heterocycles. The quantitative estimate of drug-likeness (QED) is 0.647. The molecule has 0 radical (unpaired) electrons. The molecule has 0 aliphatic carbocycles. The molecule has 1 amide bonds. The summed E-state index contributed by atoms with van der Waals surface area (Å²) in [5.41, 5.74) is 0.0627. The second-order valence-electron chi connectivity index (χ2n) is 4.35. The minimum atomic E-state index is -4.38. The van der Waals surface area contributed by atoms with E-state index in [1.54, 1.807) is 0 Å². The molecular weight excluding hydrogens is 294 g/mol. The fraction of sp³-hybridized carbons (Fsp3) is 0.364. The molecule has 1 saturated heterocycles. The van der Waals surface area contributed by atoms with Gasteiger partial charge in [0.2, 0.25) is 5.91 Å².